The highest BCUT2D eigenvalue weighted by atomic mass is 32.2. The third-order valence-electron chi connectivity index (χ3n) is 3.99. The molecular formula is C17H13F2NO2S. The van der Waals surface area contributed by atoms with E-state index >= 15 is 0 Å². The highest BCUT2D eigenvalue weighted by molar-refractivity contribution is 7.91. The maximum Gasteiger partial charge on any atom is 0.197 e. The highest BCUT2D eigenvalue weighted by Gasteiger charge is 2.23. The topological polar surface area (TPSA) is 48.2 Å². The molecule has 23 heavy (non-hydrogen) atoms. The van der Waals surface area contributed by atoms with E-state index in [0.29, 0.717) is 17.0 Å². The van der Waals surface area contributed by atoms with Gasteiger partial charge < -0.3 is 14.3 Å². The Balaban J connectivity index is 1.78. The summed E-state index contributed by atoms with van der Waals surface area (Å²) >= 11 is -1.80. The second-order valence-corrected chi connectivity index (χ2v) is 6.88. The molecule has 4 rings (SSSR count). The maximum absolute atomic E-state index is 13.8. The molecule has 1 aliphatic heterocycles. The van der Waals surface area contributed by atoms with Gasteiger partial charge in [0.25, 0.3) is 0 Å². The lowest BCUT2D eigenvalue weighted by Gasteiger charge is -2.11. The van der Waals surface area contributed by atoms with E-state index in [0.717, 1.165) is 47.9 Å². The van der Waals surface area contributed by atoms with E-state index < -0.39 is 22.8 Å². The molecule has 1 aromatic heterocycles. The quantitative estimate of drug-likeness (QED) is 0.730. The van der Waals surface area contributed by atoms with Crippen molar-refractivity contribution in [3.8, 4) is 0 Å². The van der Waals surface area contributed by atoms with Gasteiger partial charge in [-0.25, -0.2) is 8.78 Å². The number of hydrogen-bond acceptors (Lipinski definition) is 3. The lowest BCUT2D eigenvalue weighted by atomic mass is 10.1. The number of nitrogens with one attached hydrogen (secondary N) is 1. The van der Waals surface area contributed by atoms with E-state index in [-0.39, 0.29) is 4.90 Å². The van der Waals surface area contributed by atoms with Crippen molar-refractivity contribution in [2.45, 2.75) is 22.8 Å². The molecule has 1 N–H and O–H groups in total. The van der Waals surface area contributed by atoms with Crippen molar-refractivity contribution in [1.82, 2.24) is 5.32 Å². The summed E-state index contributed by atoms with van der Waals surface area (Å²) in [6, 6.07) is 8.13. The smallest absolute Gasteiger partial charge is 0.197 e. The number of halogens is 2. The second kappa shape index (κ2) is 5.63. The van der Waals surface area contributed by atoms with Gasteiger partial charge in [-0.3, -0.25) is 0 Å². The molecular weight excluding hydrogens is 320 g/mol. The predicted octanol–water partition coefficient (Wildman–Crippen LogP) is 3.52. The Morgan fingerprint density at radius 2 is 2.00 bits per heavy atom. The van der Waals surface area contributed by atoms with Gasteiger partial charge in [-0.15, -0.1) is 0 Å². The van der Waals surface area contributed by atoms with Gasteiger partial charge >= 0.3 is 0 Å². The van der Waals surface area contributed by atoms with Gasteiger partial charge in [0, 0.05) is 34.3 Å². The Labute approximate surface area is 134 Å². The van der Waals surface area contributed by atoms with Crippen LogP contribution in [0.15, 0.2) is 50.6 Å². The monoisotopic (exact) mass is 333 g/mol. The molecule has 118 valence electrons. The van der Waals surface area contributed by atoms with Crippen LogP contribution in [0.1, 0.15) is 11.3 Å². The van der Waals surface area contributed by atoms with Gasteiger partial charge in [-0.05, 0) is 37.2 Å². The summed E-state index contributed by atoms with van der Waals surface area (Å²) in [6.45, 7) is 1.56. The van der Waals surface area contributed by atoms with Crippen molar-refractivity contribution >= 4 is 22.1 Å². The molecule has 0 saturated carbocycles. The molecule has 2 heterocycles. The van der Waals surface area contributed by atoms with E-state index in [2.05, 4.69) is 5.32 Å². The van der Waals surface area contributed by atoms with E-state index in [9.17, 15) is 13.3 Å². The standard InChI is InChI=1S/C17H13F2NO2S/c18-10-1-4-14(19)17(7-10)23(21)11-2-3-12-13-5-6-20-9-16(13)22-15(12)8-11/h1-4,7-8,20H,5-6,9H2. The molecule has 0 aliphatic carbocycles. The fraction of sp³-hybridized carbons (Fsp3) is 0.176. The molecule has 1 aliphatic rings. The summed E-state index contributed by atoms with van der Waals surface area (Å²) in [6.07, 6.45) is 0.878. The van der Waals surface area contributed by atoms with Crippen molar-refractivity contribution in [1.29, 1.82) is 0 Å². The van der Waals surface area contributed by atoms with Crippen molar-refractivity contribution in [2.24, 2.45) is 0 Å². The molecule has 3 nitrogen and oxygen atoms in total. The minimum Gasteiger partial charge on any atom is -0.606 e. The molecule has 0 saturated heterocycles. The van der Waals surface area contributed by atoms with Gasteiger partial charge in [-0.1, -0.05) is 0 Å². The van der Waals surface area contributed by atoms with Gasteiger partial charge in [0.1, 0.15) is 17.2 Å². The number of rotatable bonds is 2. The van der Waals surface area contributed by atoms with Crippen LogP contribution in [0.4, 0.5) is 8.78 Å². The Morgan fingerprint density at radius 1 is 1.13 bits per heavy atom. The molecule has 1 atom stereocenters. The molecule has 2 aromatic carbocycles. The largest absolute Gasteiger partial charge is 0.606 e. The van der Waals surface area contributed by atoms with Crippen LogP contribution in [-0.4, -0.2) is 11.1 Å². The van der Waals surface area contributed by atoms with Gasteiger partial charge in [0.15, 0.2) is 15.6 Å². The summed E-state index contributed by atoms with van der Waals surface area (Å²) in [5, 5.41) is 4.22. The molecule has 1 unspecified atom stereocenters. The minimum atomic E-state index is -1.80. The summed E-state index contributed by atoms with van der Waals surface area (Å²) < 4.78 is 45.5. The van der Waals surface area contributed by atoms with E-state index in [1.165, 1.54) is 0 Å². The lowest BCUT2D eigenvalue weighted by molar-refractivity contribution is 0.487. The second-order valence-electron chi connectivity index (χ2n) is 5.43. The van der Waals surface area contributed by atoms with Crippen LogP contribution in [0.5, 0.6) is 0 Å². The first-order valence-electron chi connectivity index (χ1n) is 7.25. The zero-order valence-corrected chi connectivity index (χ0v) is 12.9. The molecule has 0 amide bonds. The number of fused-ring (bicyclic) bond motifs is 3. The van der Waals surface area contributed by atoms with Gasteiger partial charge in [0.05, 0.1) is 6.54 Å². The fourth-order valence-corrected chi connectivity index (χ4v) is 4.00. The van der Waals surface area contributed by atoms with Crippen molar-refractivity contribution < 1.29 is 17.8 Å². The van der Waals surface area contributed by atoms with Gasteiger partial charge in [-0.2, -0.15) is 0 Å². The third kappa shape index (κ3) is 2.52. The third-order valence-corrected chi connectivity index (χ3v) is 5.39. The van der Waals surface area contributed by atoms with Crippen LogP contribution >= 0.6 is 0 Å². The normalized spacial score (nSPS) is 15.6. The SMILES string of the molecule is [O-][S+](c1ccc2c3c(oc2c1)CNCC3)c1cc(F)ccc1F. The average Bonchev–Trinajstić information content (AvgIpc) is 2.94. The molecule has 0 spiro atoms. The van der Waals surface area contributed by atoms with Crippen LogP contribution in [0.2, 0.25) is 0 Å². The average molecular weight is 333 g/mol. The highest BCUT2D eigenvalue weighted by Crippen LogP contribution is 2.32. The maximum atomic E-state index is 13.8. The molecule has 6 heteroatoms. The van der Waals surface area contributed by atoms with Crippen molar-refractivity contribution in [3.05, 3.63) is 59.4 Å². The first-order chi connectivity index (χ1) is 11.1. The first-order valence-corrected chi connectivity index (χ1v) is 8.40. The number of furan rings is 1. The van der Waals surface area contributed by atoms with Crippen molar-refractivity contribution in [2.75, 3.05) is 6.54 Å². The summed E-state index contributed by atoms with van der Waals surface area (Å²) in [4.78, 5) is 0.225. The first kappa shape index (κ1) is 14.7. The number of hydrogen-bond donors (Lipinski definition) is 1. The lowest BCUT2D eigenvalue weighted by Crippen LogP contribution is -2.22. The van der Waals surface area contributed by atoms with Crippen LogP contribution in [0.25, 0.3) is 11.0 Å². The Kier molecular flexibility index (Phi) is 3.60. The van der Waals surface area contributed by atoms with Crippen LogP contribution in [-0.2, 0) is 24.1 Å². The summed E-state index contributed by atoms with van der Waals surface area (Å²) in [5.74, 6) is -0.422. The molecule has 3 aromatic rings. The molecule has 0 bridgehead atoms. The van der Waals surface area contributed by atoms with Gasteiger partial charge in [0.2, 0.25) is 0 Å². The summed E-state index contributed by atoms with van der Waals surface area (Å²) in [5.41, 5.74) is 1.79. The van der Waals surface area contributed by atoms with Crippen molar-refractivity contribution in [3.63, 3.8) is 0 Å². The zero-order chi connectivity index (χ0) is 16.0. The zero-order valence-electron chi connectivity index (χ0n) is 12.1. The van der Waals surface area contributed by atoms with Crippen LogP contribution in [0.3, 0.4) is 0 Å². The Morgan fingerprint density at radius 3 is 2.87 bits per heavy atom. The number of benzene rings is 2. The van der Waals surface area contributed by atoms with E-state index in [4.69, 9.17) is 4.42 Å². The van der Waals surface area contributed by atoms with E-state index in [1.807, 2.05) is 6.07 Å². The Bertz CT molecular complexity index is 894. The van der Waals surface area contributed by atoms with Crippen LogP contribution in [0, 0.1) is 11.6 Å². The molecule has 0 fully saturated rings. The van der Waals surface area contributed by atoms with E-state index in [1.54, 1.807) is 12.1 Å². The molecule has 0 radical (unpaired) electrons. The Hall–Kier alpha value is -1.89. The fourth-order valence-electron chi connectivity index (χ4n) is 2.87. The summed E-state index contributed by atoms with van der Waals surface area (Å²) in [7, 11) is 0. The minimum absolute atomic E-state index is 0.165. The van der Waals surface area contributed by atoms with Crippen LogP contribution < -0.4 is 5.32 Å². The predicted molar refractivity (Wildman–Crippen MR) is 82.7 cm³/mol.